The number of rotatable bonds is 3. The topological polar surface area (TPSA) is 58.3 Å². The molecular formula is C12H18N2O. The van der Waals surface area contributed by atoms with E-state index in [1.165, 1.54) is 6.42 Å². The summed E-state index contributed by atoms with van der Waals surface area (Å²) in [5.74, 6) is 0.972. The van der Waals surface area contributed by atoms with Crippen molar-refractivity contribution in [1.82, 2.24) is 0 Å². The Labute approximate surface area is 90.3 Å². The first-order valence-corrected chi connectivity index (χ1v) is 5.53. The first-order valence-electron chi connectivity index (χ1n) is 5.53. The van der Waals surface area contributed by atoms with Crippen molar-refractivity contribution < 1.29 is 5.11 Å². The zero-order valence-corrected chi connectivity index (χ0v) is 8.82. The number of hydrogen-bond donors (Lipinski definition) is 3. The van der Waals surface area contributed by atoms with Gasteiger partial charge in [-0.25, -0.2) is 0 Å². The van der Waals surface area contributed by atoms with Crippen LogP contribution in [0.5, 0.6) is 5.75 Å². The summed E-state index contributed by atoms with van der Waals surface area (Å²) in [6, 6.07) is 7.71. The Bertz CT molecular complexity index is 327. The lowest BCUT2D eigenvalue weighted by molar-refractivity contribution is 0.476. The van der Waals surface area contributed by atoms with Gasteiger partial charge in [-0.2, -0.15) is 0 Å². The van der Waals surface area contributed by atoms with Crippen molar-refractivity contribution in [1.29, 1.82) is 0 Å². The van der Waals surface area contributed by atoms with Crippen molar-refractivity contribution in [3.63, 3.8) is 0 Å². The standard InChI is InChI=1S/C12H18N2O/c13-10-6-5-9(7-10)8-14-11-3-1-2-4-12(11)15/h1-4,9-10,14-15H,5-8,13H2. The van der Waals surface area contributed by atoms with Crippen LogP contribution in [0.25, 0.3) is 0 Å². The van der Waals surface area contributed by atoms with Crippen LogP contribution in [0.1, 0.15) is 19.3 Å². The van der Waals surface area contributed by atoms with Gasteiger partial charge in [-0.05, 0) is 37.3 Å². The van der Waals surface area contributed by atoms with Crippen LogP contribution >= 0.6 is 0 Å². The van der Waals surface area contributed by atoms with Gasteiger partial charge in [0.05, 0.1) is 5.69 Å². The van der Waals surface area contributed by atoms with Gasteiger partial charge in [0.2, 0.25) is 0 Å². The van der Waals surface area contributed by atoms with Gasteiger partial charge >= 0.3 is 0 Å². The number of para-hydroxylation sites is 2. The van der Waals surface area contributed by atoms with E-state index in [0.717, 1.165) is 25.1 Å². The van der Waals surface area contributed by atoms with Crippen molar-refractivity contribution in [2.75, 3.05) is 11.9 Å². The molecule has 3 nitrogen and oxygen atoms in total. The molecule has 4 N–H and O–H groups in total. The Balaban J connectivity index is 1.86. The van der Waals surface area contributed by atoms with Gasteiger partial charge in [-0.3, -0.25) is 0 Å². The summed E-state index contributed by atoms with van der Waals surface area (Å²) in [6.07, 6.45) is 3.43. The molecule has 1 fully saturated rings. The van der Waals surface area contributed by atoms with E-state index in [9.17, 15) is 5.11 Å². The molecule has 1 aliphatic rings. The molecule has 1 aliphatic carbocycles. The number of nitrogens with one attached hydrogen (secondary N) is 1. The van der Waals surface area contributed by atoms with Gasteiger partial charge in [0.1, 0.15) is 5.75 Å². The van der Waals surface area contributed by atoms with E-state index in [4.69, 9.17) is 5.73 Å². The molecule has 0 aliphatic heterocycles. The van der Waals surface area contributed by atoms with Gasteiger partial charge in [-0.1, -0.05) is 12.1 Å². The van der Waals surface area contributed by atoms with E-state index in [-0.39, 0.29) is 0 Å². The fourth-order valence-electron chi connectivity index (χ4n) is 2.18. The maximum atomic E-state index is 9.55. The number of benzene rings is 1. The summed E-state index contributed by atoms with van der Waals surface area (Å²) in [5, 5.41) is 12.8. The zero-order valence-electron chi connectivity index (χ0n) is 8.82. The molecule has 15 heavy (non-hydrogen) atoms. The van der Waals surface area contributed by atoms with Crippen LogP contribution < -0.4 is 11.1 Å². The molecule has 82 valence electrons. The molecule has 1 saturated carbocycles. The molecule has 0 radical (unpaired) electrons. The molecule has 1 aromatic carbocycles. The Kier molecular flexibility index (Phi) is 3.11. The molecule has 2 atom stereocenters. The molecule has 0 saturated heterocycles. The largest absolute Gasteiger partial charge is 0.506 e. The van der Waals surface area contributed by atoms with E-state index < -0.39 is 0 Å². The minimum atomic E-state index is 0.319. The predicted octanol–water partition coefficient (Wildman–Crippen LogP) is 1.93. The molecule has 3 heteroatoms. The predicted molar refractivity (Wildman–Crippen MR) is 61.9 cm³/mol. The normalized spacial score (nSPS) is 25.4. The van der Waals surface area contributed by atoms with E-state index in [2.05, 4.69) is 5.32 Å². The van der Waals surface area contributed by atoms with Crippen molar-refractivity contribution in [2.45, 2.75) is 25.3 Å². The summed E-state index contributed by atoms with van der Waals surface area (Å²) in [5.41, 5.74) is 6.66. The second kappa shape index (κ2) is 4.53. The maximum Gasteiger partial charge on any atom is 0.138 e. The maximum absolute atomic E-state index is 9.55. The lowest BCUT2D eigenvalue weighted by Crippen LogP contribution is -2.17. The number of phenols is 1. The molecule has 2 unspecified atom stereocenters. The van der Waals surface area contributed by atoms with Crippen molar-refractivity contribution in [2.24, 2.45) is 11.7 Å². The van der Waals surface area contributed by atoms with Crippen molar-refractivity contribution in [3.05, 3.63) is 24.3 Å². The highest BCUT2D eigenvalue weighted by Gasteiger charge is 2.21. The molecule has 0 amide bonds. The van der Waals surface area contributed by atoms with Crippen molar-refractivity contribution in [3.8, 4) is 5.75 Å². The summed E-state index contributed by atoms with van der Waals surface area (Å²) in [4.78, 5) is 0. The molecule has 1 aromatic rings. The van der Waals surface area contributed by atoms with Gasteiger partial charge in [0.25, 0.3) is 0 Å². The minimum absolute atomic E-state index is 0.319. The average molecular weight is 206 g/mol. The third-order valence-electron chi connectivity index (χ3n) is 3.07. The molecule has 0 aromatic heterocycles. The Morgan fingerprint density at radius 1 is 1.33 bits per heavy atom. The molecule has 2 rings (SSSR count). The van der Waals surface area contributed by atoms with Gasteiger partial charge in [0, 0.05) is 12.6 Å². The third-order valence-corrected chi connectivity index (χ3v) is 3.07. The number of nitrogens with two attached hydrogens (primary N) is 1. The molecular weight excluding hydrogens is 188 g/mol. The van der Waals surface area contributed by atoms with Crippen LogP contribution in [0.2, 0.25) is 0 Å². The summed E-state index contributed by atoms with van der Waals surface area (Å²) in [6.45, 7) is 0.908. The highest BCUT2D eigenvalue weighted by Crippen LogP contribution is 2.26. The van der Waals surface area contributed by atoms with E-state index >= 15 is 0 Å². The van der Waals surface area contributed by atoms with E-state index in [0.29, 0.717) is 17.7 Å². The van der Waals surface area contributed by atoms with Crippen LogP contribution in [0, 0.1) is 5.92 Å². The summed E-state index contributed by atoms with van der Waals surface area (Å²) < 4.78 is 0. The number of aromatic hydroxyl groups is 1. The first kappa shape index (κ1) is 10.3. The third kappa shape index (κ3) is 2.63. The number of hydrogen-bond acceptors (Lipinski definition) is 3. The lowest BCUT2D eigenvalue weighted by Gasteiger charge is -2.12. The summed E-state index contributed by atoms with van der Waals surface area (Å²) in [7, 11) is 0. The fourth-order valence-corrected chi connectivity index (χ4v) is 2.18. The van der Waals surface area contributed by atoms with Crippen molar-refractivity contribution >= 4 is 5.69 Å². The smallest absolute Gasteiger partial charge is 0.138 e. The highest BCUT2D eigenvalue weighted by molar-refractivity contribution is 5.55. The minimum Gasteiger partial charge on any atom is -0.506 e. The van der Waals surface area contributed by atoms with Gasteiger partial charge in [0.15, 0.2) is 0 Å². The van der Waals surface area contributed by atoms with E-state index in [1.54, 1.807) is 6.07 Å². The lowest BCUT2D eigenvalue weighted by atomic mass is 10.1. The fraction of sp³-hybridized carbons (Fsp3) is 0.500. The molecule has 0 bridgehead atoms. The second-order valence-electron chi connectivity index (χ2n) is 4.34. The van der Waals surface area contributed by atoms with Crippen LogP contribution in [0.15, 0.2) is 24.3 Å². The summed E-state index contributed by atoms with van der Waals surface area (Å²) >= 11 is 0. The Morgan fingerprint density at radius 3 is 2.80 bits per heavy atom. The number of phenolic OH excluding ortho intramolecular Hbond substituents is 1. The van der Waals surface area contributed by atoms with Crippen LogP contribution in [0.3, 0.4) is 0 Å². The van der Waals surface area contributed by atoms with Crippen LogP contribution in [-0.2, 0) is 0 Å². The number of anilines is 1. The first-order chi connectivity index (χ1) is 7.25. The van der Waals surface area contributed by atoms with E-state index in [1.807, 2.05) is 18.2 Å². The SMILES string of the molecule is NC1CCC(CNc2ccccc2O)C1. The Morgan fingerprint density at radius 2 is 2.13 bits per heavy atom. The highest BCUT2D eigenvalue weighted by atomic mass is 16.3. The molecule has 0 spiro atoms. The monoisotopic (exact) mass is 206 g/mol. The van der Waals surface area contributed by atoms with Crippen LogP contribution in [0.4, 0.5) is 5.69 Å². The quantitative estimate of drug-likeness (QED) is 0.662. The van der Waals surface area contributed by atoms with Gasteiger partial charge < -0.3 is 16.2 Å². The van der Waals surface area contributed by atoms with Gasteiger partial charge in [-0.15, -0.1) is 0 Å². The second-order valence-corrected chi connectivity index (χ2v) is 4.34. The van der Waals surface area contributed by atoms with Crippen LogP contribution in [-0.4, -0.2) is 17.7 Å². The zero-order chi connectivity index (χ0) is 10.7. The average Bonchev–Trinajstić information content (AvgIpc) is 2.63. The Hall–Kier alpha value is -1.22. The molecule has 0 heterocycles.